The van der Waals surface area contributed by atoms with Gasteiger partial charge >= 0.3 is 5.97 Å². The molecule has 2 aromatic rings. The molecule has 3 heterocycles. The van der Waals surface area contributed by atoms with Crippen molar-refractivity contribution in [1.29, 1.82) is 0 Å². The van der Waals surface area contributed by atoms with Crippen molar-refractivity contribution in [3.63, 3.8) is 0 Å². The van der Waals surface area contributed by atoms with E-state index < -0.39 is 5.97 Å². The van der Waals surface area contributed by atoms with E-state index in [1.54, 1.807) is 6.07 Å². The van der Waals surface area contributed by atoms with Gasteiger partial charge in [-0.1, -0.05) is 0 Å². The Bertz CT molecular complexity index is 759. The largest absolute Gasteiger partial charge is 0.505 e. The molecular weight excluding hydrogens is 322 g/mol. The fraction of sp³-hybridized carbons (Fsp3) is 0.500. The smallest absolute Gasteiger partial charge is 0.360 e. The van der Waals surface area contributed by atoms with Crippen LogP contribution in [0.3, 0.4) is 0 Å². The lowest BCUT2D eigenvalue weighted by Crippen LogP contribution is -2.29. The first-order chi connectivity index (χ1) is 12.1. The molecule has 1 aliphatic rings. The number of rotatable bonds is 5. The second kappa shape index (κ2) is 7.76. The Morgan fingerprint density at radius 2 is 2.16 bits per heavy atom. The zero-order valence-corrected chi connectivity index (χ0v) is 14.6. The number of esters is 1. The van der Waals surface area contributed by atoms with E-state index in [0.717, 1.165) is 38.3 Å². The summed E-state index contributed by atoms with van der Waals surface area (Å²) in [4.78, 5) is 22.4. The summed E-state index contributed by atoms with van der Waals surface area (Å²) in [6, 6.07) is 3.63. The van der Waals surface area contributed by atoms with E-state index in [9.17, 15) is 9.90 Å². The standard InChI is InChI=1S/C18H23N3O4/c1-21(10-12-5-7-25-8-6-12)11-13-3-4-14-15(20-13)9-19-16(17(14)22)18(23)24-2/h3-4,9,12,22H,5-8,10-11H2,1-2H3. The van der Waals surface area contributed by atoms with Crippen LogP contribution in [0.4, 0.5) is 0 Å². The summed E-state index contributed by atoms with van der Waals surface area (Å²) in [5.74, 6) is -0.203. The minimum Gasteiger partial charge on any atom is -0.505 e. The van der Waals surface area contributed by atoms with Gasteiger partial charge in [0.15, 0.2) is 11.4 Å². The van der Waals surface area contributed by atoms with Gasteiger partial charge in [-0.2, -0.15) is 0 Å². The molecule has 0 amide bonds. The summed E-state index contributed by atoms with van der Waals surface area (Å²) in [6.07, 6.45) is 3.69. The lowest BCUT2D eigenvalue weighted by molar-refractivity contribution is 0.0548. The molecule has 0 atom stereocenters. The van der Waals surface area contributed by atoms with Crippen LogP contribution in [0.1, 0.15) is 29.0 Å². The number of ether oxygens (including phenoxy) is 2. The highest BCUT2D eigenvalue weighted by atomic mass is 16.5. The summed E-state index contributed by atoms with van der Waals surface area (Å²) >= 11 is 0. The Kier molecular flexibility index (Phi) is 5.45. The number of hydrogen-bond donors (Lipinski definition) is 1. The van der Waals surface area contributed by atoms with Gasteiger partial charge in [-0.25, -0.2) is 14.8 Å². The van der Waals surface area contributed by atoms with E-state index in [1.165, 1.54) is 13.3 Å². The van der Waals surface area contributed by atoms with Crippen LogP contribution in [-0.2, 0) is 16.0 Å². The van der Waals surface area contributed by atoms with Gasteiger partial charge in [-0.3, -0.25) is 0 Å². The van der Waals surface area contributed by atoms with Crippen LogP contribution in [0.15, 0.2) is 18.3 Å². The van der Waals surface area contributed by atoms with Crippen molar-refractivity contribution in [1.82, 2.24) is 14.9 Å². The van der Waals surface area contributed by atoms with Crippen molar-refractivity contribution in [2.75, 3.05) is 33.9 Å². The lowest BCUT2D eigenvalue weighted by atomic mass is 10.00. The average molecular weight is 345 g/mol. The molecule has 7 heteroatoms. The molecule has 1 aliphatic heterocycles. The van der Waals surface area contributed by atoms with E-state index >= 15 is 0 Å². The van der Waals surface area contributed by atoms with Crippen LogP contribution in [-0.4, -0.2) is 59.9 Å². The monoisotopic (exact) mass is 345 g/mol. The molecular formula is C18H23N3O4. The predicted octanol–water partition coefficient (Wildman–Crippen LogP) is 1.98. The van der Waals surface area contributed by atoms with Crippen molar-refractivity contribution in [2.45, 2.75) is 19.4 Å². The normalized spacial score (nSPS) is 15.6. The molecule has 0 aliphatic carbocycles. The summed E-state index contributed by atoms with van der Waals surface area (Å²) in [5.41, 5.74) is 1.36. The van der Waals surface area contributed by atoms with Crippen LogP contribution >= 0.6 is 0 Å². The van der Waals surface area contributed by atoms with Crippen molar-refractivity contribution >= 4 is 16.9 Å². The molecule has 1 N–H and O–H groups in total. The van der Waals surface area contributed by atoms with E-state index in [-0.39, 0.29) is 11.4 Å². The molecule has 1 fully saturated rings. The molecule has 2 aromatic heterocycles. The van der Waals surface area contributed by atoms with Gasteiger partial charge in [0.25, 0.3) is 0 Å². The van der Waals surface area contributed by atoms with Crippen LogP contribution in [0.2, 0.25) is 0 Å². The van der Waals surface area contributed by atoms with E-state index in [4.69, 9.17) is 4.74 Å². The number of aromatic hydroxyl groups is 1. The number of carbonyl (C=O) groups excluding carboxylic acids is 1. The fourth-order valence-corrected chi connectivity index (χ4v) is 3.18. The van der Waals surface area contributed by atoms with E-state index in [1.807, 2.05) is 6.07 Å². The zero-order chi connectivity index (χ0) is 17.8. The molecule has 1 saturated heterocycles. The Balaban J connectivity index is 1.73. The molecule has 25 heavy (non-hydrogen) atoms. The van der Waals surface area contributed by atoms with Crippen LogP contribution in [0.25, 0.3) is 10.9 Å². The summed E-state index contributed by atoms with van der Waals surface area (Å²) in [5, 5.41) is 10.7. The van der Waals surface area contributed by atoms with Crippen molar-refractivity contribution in [3.8, 4) is 5.75 Å². The zero-order valence-electron chi connectivity index (χ0n) is 14.6. The summed E-state index contributed by atoms with van der Waals surface area (Å²) in [7, 11) is 3.33. The molecule has 0 bridgehead atoms. The highest BCUT2D eigenvalue weighted by Gasteiger charge is 2.18. The number of pyridine rings is 2. The molecule has 0 radical (unpaired) electrons. The maximum absolute atomic E-state index is 11.6. The van der Waals surface area contributed by atoms with Crippen molar-refractivity contribution in [3.05, 3.63) is 29.7 Å². The minimum absolute atomic E-state index is 0.0961. The second-order valence-corrected chi connectivity index (χ2v) is 6.43. The average Bonchev–Trinajstić information content (AvgIpc) is 2.62. The number of aromatic nitrogens is 2. The molecule has 0 saturated carbocycles. The summed E-state index contributed by atoms with van der Waals surface area (Å²) < 4.78 is 10.0. The molecule has 0 spiro atoms. The fourth-order valence-electron chi connectivity index (χ4n) is 3.18. The first-order valence-electron chi connectivity index (χ1n) is 8.40. The van der Waals surface area contributed by atoms with Crippen LogP contribution < -0.4 is 0 Å². The third-order valence-corrected chi connectivity index (χ3v) is 4.50. The first kappa shape index (κ1) is 17.6. The number of hydrogen-bond acceptors (Lipinski definition) is 7. The van der Waals surface area contributed by atoms with Gasteiger partial charge in [-0.15, -0.1) is 0 Å². The molecule has 3 rings (SSSR count). The van der Waals surface area contributed by atoms with Gasteiger partial charge < -0.3 is 19.5 Å². The highest BCUT2D eigenvalue weighted by Crippen LogP contribution is 2.27. The Morgan fingerprint density at radius 1 is 1.40 bits per heavy atom. The maximum atomic E-state index is 11.6. The Hall–Kier alpha value is -2.25. The lowest BCUT2D eigenvalue weighted by Gasteiger charge is -2.26. The van der Waals surface area contributed by atoms with Crippen LogP contribution in [0, 0.1) is 5.92 Å². The SMILES string of the molecule is COC(=O)c1ncc2nc(CN(C)CC3CCOCC3)ccc2c1O. The summed E-state index contributed by atoms with van der Waals surface area (Å²) in [6.45, 7) is 3.42. The van der Waals surface area contributed by atoms with E-state index in [2.05, 4.69) is 26.7 Å². The topological polar surface area (TPSA) is 84.8 Å². The van der Waals surface area contributed by atoms with Crippen molar-refractivity contribution in [2.24, 2.45) is 5.92 Å². The van der Waals surface area contributed by atoms with Gasteiger partial charge in [-0.05, 0) is 37.9 Å². The molecule has 0 aromatic carbocycles. The molecule has 134 valence electrons. The maximum Gasteiger partial charge on any atom is 0.360 e. The van der Waals surface area contributed by atoms with Gasteiger partial charge in [0.1, 0.15) is 0 Å². The van der Waals surface area contributed by atoms with Gasteiger partial charge in [0.2, 0.25) is 0 Å². The quantitative estimate of drug-likeness (QED) is 0.829. The Morgan fingerprint density at radius 3 is 2.88 bits per heavy atom. The van der Waals surface area contributed by atoms with Crippen LogP contribution in [0.5, 0.6) is 5.75 Å². The molecule has 7 nitrogen and oxygen atoms in total. The van der Waals surface area contributed by atoms with Gasteiger partial charge in [0.05, 0.1) is 24.5 Å². The number of methoxy groups -OCH3 is 1. The predicted molar refractivity (Wildman–Crippen MR) is 92.4 cm³/mol. The second-order valence-electron chi connectivity index (χ2n) is 6.43. The van der Waals surface area contributed by atoms with Crippen molar-refractivity contribution < 1.29 is 19.4 Å². The number of nitrogens with zero attached hydrogens (tertiary/aromatic N) is 3. The van der Waals surface area contributed by atoms with E-state index in [0.29, 0.717) is 23.4 Å². The molecule has 0 unspecified atom stereocenters. The number of carbonyl (C=O) groups is 1. The Labute approximate surface area is 146 Å². The third kappa shape index (κ3) is 4.05. The first-order valence-corrected chi connectivity index (χ1v) is 8.40. The van der Waals surface area contributed by atoms with Gasteiger partial charge in [0, 0.05) is 31.7 Å². The highest BCUT2D eigenvalue weighted by molar-refractivity contribution is 5.97. The minimum atomic E-state index is -0.667. The third-order valence-electron chi connectivity index (χ3n) is 4.50. The number of fused-ring (bicyclic) bond motifs is 1.